The van der Waals surface area contributed by atoms with Crippen LogP contribution in [0.5, 0.6) is 5.75 Å². The third-order valence-corrected chi connectivity index (χ3v) is 3.32. The summed E-state index contributed by atoms with van der Waals surface area (Å²) in [6, 6.07) is 7.41. The summed E-state index contributed by atoms with van der Waals surface area (Å²) in [7, 11) is 5.03. The van der Waals surface area contributed by atoms with Crippen molar-refractivity contribution in [3.63, 3.8) is 0 Å². The van der Waals surface area contributed by atoms with Crippen LogP contribution >= 0.6 is 25.3 Å². The molecule has 0 aliphatic heterocycles. The van der Waals surface area contributed by atoms with Crippen LogP contribution < -0.4 is 15.4 Å². The summed E-state index contributed by atoms with van der Waals surface area (Å²) in [4.78, 5) is 0. The van der Waals surface area contributed by atoms with Gasteiger partial charge in [0.1, 0.15) is 11.5 Å². The SMILES string of the molecule is CN/C(S)=N/N=C(C)/C(=N/N=C(\S)NC)c1ccc(OC)cc1. The van der Waals surface area contributed by atoms with E-state index in [1.165, 1.54) is 0 Å². The van der Waals surface area contributed by atoms with Crippen LogP contribution in [-0.2, 0) is 0 Å². The highest BCUT2D eigenvalue weighted by Gasteiger charge is 2.09. The molecule has 0 aliphatic rings. The van der Waals surface area contributed by atoms with Crippen molar-refractivity contribution in [3.05, 3.63) is 29.8 Å². The lowest BCUT2D eigenvalue weighted by molar-refractivity contribution is 0.415. The van der Waals surface area contributed by atoms with Gasteiger partial charge in [0.2, 0.25) is 0 Å². The van der Waals surface area contributed by atoms with E-state index in [9.17, 15) is 0 Å². The van der Waals surface area contributed by atoms with Crippen molar-refractivity contribution in [3.8, 4) is 5.75 Å². The number of benzene rings is 1. The smallest absolute Gasteiger partial charge is 0.179 e. The van der Waals surface area contributed by atoms with E-state index in [4.69, 9.17) is 4.74 Å². The van der Waals surface area contributed by atoms with Gasteiger partial charge in [-0.2, -0.15) is 5.10 Å². The molecule has 0 atom stereocenters. The van der Waals surface area contributed by atoms with Crippen LogP contribution in [-0.4, -0.2) is 43.0 Å². The lowest BCUT2D eigenvalue weighted by atomic mass is 10.1. The first-order valence-electron chi connectivity index (χ1n) is 6.68. The van der Waals surface area contributed by atoms with Crippen LogP contribution in [0.1, 0.15) is 12.5 Å². The Hall–Kier alpha value is -2.00. The summed E-state index contributed by atoms with van der Waals surface area (Å²) in [5.74, 6) is 0.752. The molecule has 9 heteroatoms. The molecule has 0 spiro atoms. The Morgan fingerprint density at radius 3 is 1.91 bits per heavy atom. The molecule has 1 aromatic rings. The van der Waals surface area contributed by atoms with Crippen molar-refractivity contribution in [2.24, 2.45) is 20.4 Å². The molecular formula is C14H20N6OS2. The second-order valence-corrected chi connectivity index (χ2v) is 5.06. The van der Waals surface area contributed by atoms with Crippen LogP contribution in [0.4, 0.5) is 0 Å². The summed E-state index contributed by atoms with van der Waals surface area (Å²) in [6.07, 6.45) is 0. The average molecular weight is 352 g/mol. The molecule has 1 aromatic carbocycles. The normalized spacial score (nSPS) is 13.8. The Kier molecular flexibility index (Phi) is 8.20. The van der Waals surface area contributed by atoms with E-state index in [-0.39, 0.29) is 0 Å². The Morgan fingerprint density at radius 1 is 0.913 bits per heavy atom. The number of thiol groups is 2. The molecule has 0 aromatic heterocycles. The standard InChI is InChI=1S/C14H20N6OS2/c1-9(17-19-13(22)15-2)12(18-20-14(23)16-3)10-5-7-11(21-4)8-6-10/h5-8H,1-4H3,(H2,15,19,22)(H2,16,20,23)/b17-9+,18-12-. The van der Waals surface area contributed by atoms with E-state index in [0.29, 0.717) is 21.8 Å². The van der Waals surface area contributed by atoms with Gasteiger partial charge >= 0.3 is 0 Å². The maximum atomic E-state index is 5.16. The van der Waals surface area contributed by atoms with Crippen LogP contribution in [0.2, 0.25) is 0 Å². The van der Waals surface area contributed by atoms with E-state index >= 15 is 0 Å². The summed E-state index contributed by atoms with van der Waals surface area (Å²) >= 11 is 8.25. The fourth-order valence-corrected chi connectivity index (χ4v) is 1.54. The molecule has 0 amide bonds. The Bertz CT molecular complexity index is 637. The van der Waals surface area contributed by atoms with Gasteiger partial charge in [0.15, 0.2) is 10.3 Å². The highest BCUT2D eigenvalue weighted by molar-refractivity contribution is 7.97. The maximum absolute atomic E-state index is 5.16. The second kappa shape index (κ2) is 9.90. The Balaban J connectivity index is 3.25. The summed E-state index contributed by atoms with van der Waals surface area (Å²) < 4.78 is 5.16. The summed E-state index contributed by atoms with van der Waals surface area (Å²) in [5.41, 5.74) is 1.97. The maximum Gasteiger partial charge on any atom is 0.179 e. The molecule has 124 valence electrons. The fraction of sp³-hybridized carbons (Fsp3) is 0.286. The highest BCUT2D eigenvalue weighted by Crippen LogP contribution is 2.13. The number of nitrogens with one attached hydrogen (secondary N) is 2. The van der Waals surface area contributed by atoms with E-state index in [1.54, 1.807) is 28.1 Å². The molecule has 1 rings (SSSR count). The fourth-order valence-electron chi connectivity index (χ4n) is 1.45. The van der Waals surface area contributed by atoms with Crippen LogP contribution in [0.3, 0.4) is 0 Å². The van der Waals surface area contributed by atoms with Gasteiger partial charge in [0.05, 0.1) is 12.8 Å². The molecule has 0 saturated heterocycles. The average Bonchev–Trinajstić information content (AvgIpc) is 2.59. The van der Waals surface area contributed by atoms with Gasteiger partial charge in [-0.1, -0.05) is 0 Å². The summed E-state index contributed by atoms with van der Waals surface area (Å²) in [6.45, 7) is 1.79. The first-order valence-corrected chi connectivity index (χ1v) is 7.57. The van der Waals surface area contributed by atoms with Crippen molar-refractivity contribution >= 4 is 47.0 Å². The summed E-state index contributed by atoms with van der Waals surface area (Å²) in [5, 5.41) is 22.6. The Morgan fingerprint density at radius 2 is 1.43 bits per heavy atom. The molecule has 0 bridgehead atoms. The lowest BCUT2D eigenvalue weighted by Crippen LogP contribution is -2.15. The van der Waals surface area contributed by atoms with Gasteiger partial charge in [-0.05, 0) is 31.2 Å². The second-order valence-electron chi connectivity index (χ2n) is 4.21. The first-order chi connectivity index (χ1) is 11.0. The topological polar surface area (TPSA) is 82.7 Å². The zero-order valence-electron chi connectivity index (χ0n) is 13.4. The quantitative estimate of drug-likeness (QED) is 0.282. The van der Waals surface area contributed by atoms with Crippen LogP contribution in [0, 0.1) is 0 Å². The molecule has 7 nitrogen and oxygen atoms in total. The largest absolute Gasteiger partial charge is 0.497 e. The van der Waals surface area contributed by atoms with Crippen molar-refractivity contribution in [1.82, 2.24) is 10.6 Å². The van der Waals surface area contributed by atoms with Crippen LogP contribution in [0.15, 0.2) is 44.7 Å². The number of amidine groups is 2. The zero-order chi connectivity index (χ0) is 17.2. The highest BCUT2D eigenvalue weighted by atomic mass is 32.1. The van der Waals surface area contributed by atoms with Crippen LogP contribution in [0.25, 0.3) is 0 Å². The Labute approximate surface area is 146 Å². The minimum atomic E-state index is 0.387. The minimum Gasteiger partial charge on any atom is -0.497 e. The molecule has 23 heavy (non-hydrogen) atoms. The molecule has 0 unspecified atom stereocenters. The van der Waals surface area contributed by atoms with E-state index in [1.807, 2.05) is 24.3 Å². The first kappa shape index (κ1) is 19.0. The van der Waals surface area contributed by atoms with E-state index < -0.39 is 0 Å². The third-order valence-electron chi connectivity index (χ3n) is 2.69. The van der Waals surface area contributed by atoms with Crippen molar-refractivity contribution in [1.29, 1.82) is 0 Å². The number of hydrogen-bond donors (Lipinski definition) is 4. The number of rotatable bonds is 5. The molecule has 0 radical (unpaired) electrons. The number of nitrogens with zero attached hydrogens (tertiary/aromatic N) is 4. The molecule has 0 fully saturated rings. The molecular weight excluding hydrogens is 332 g/mol. The zero-order valence-corrected chi connectivity index (χ0v) is 15.2. The van der Waals surface area contributed by atoms with Gasteiger partial charge < -0.3 is 15.4 Å². The van der Waals surface area contributed by atoms with Gasteiger partial charge in [-0.25, -0.2) is 0 Å². The van der Waals surface area contributed by atoms with E-state index in [2.05, 4.69) is 56.3 Å². The molecule has 0 aliphatic carbocycles. The third kappa shape index (κ3) is 6.33. The predicted molar refractivity (Wildman–Crippen MR) is 104 cm³/mol. The van der Waals surface area contributed by atoms with Gasteiger partial charge in [-0.15, -0.1) is 40.6 Å². The number of hydrogen-bond acceptors (Lipinski definition) is 5. The van der Waals surface area contributed by atoms with Gasteiger partial charge in [0.25, 0.3) is 0 Å². The predicted octanol–water partition coefficient (Wildman–Crippen LogP) is 1.79. The van der Waals surface area contributed by atoms with Gasteiger partial charge in [-0.3, -0.25) is 0 Å². The monoisotopic (exact) mass is 352 g/mol. The van der Waals surface area contributed by atoms with E-state index in [0.717, 1.165) is 11.3 Å². The number of ether oxygens (including phenoxy) is 1. The van der Waals surface area contributed by atoms with Crippen molar-refractivity contribution in [2.45, 2.75) is 6.92 Å². The van der Waals surface area contributed by atoms with Crippen molar-refractivity contribution in [2.75, 3.05) is 21.2 Å². The molecule has 0 saturated carbocycles. The molecule has 0 heterocycles. The minimum absolute atomic E-state index is 0.387. The molecule has 2 N–H and O–H groups in total. The lowest BCUT2D eigenvalue weighted by Gasteiger charge is -2.06. The van der Waals surface area contributed by atoms with Crippen molar-refractivity contribution < 1.29 is 4.74 Å². The van der Waals surface area contributed by atoms with Gasteiger partial charge in [0, 0.05) is 19.7 Å². The number of methoxy groups -OCH3 is 1.